The molecule has 0 heterocycles. The van der Waals surface area contributed by atoms with Crippen LogP contribution >= 0.6 is 0 Å². The molecule has 0 fully saturated rings. The number of aryl methyl sites for hydroxylation is 1. The number of para-hydroxylation sites is 1. The number of anilines is 1. The largest absolute Gasteiger partial charge is 0.370 e. The Balaban J connectivity index is 2.93. The SMILES string of the molecule is Cc1cccc(C(C)C)c1NC(=O)C(C)CC(N)=O. The number of carbonyl (C=O) groups excluding carboxylic acids is 2. The molecule has 1 aromatic rings. The molecule has 0 bridgehead atoms. The van der Waals surface area contributed by atoms with E-state index in [0.717, 1.165) is 16.8 Å². The molecule has 0 aliphatic carbocycles. The number of benzene rings is 1. The number of primary amides is 1. The van der Waals surface area contributed by atoms with E-state index < -0.39 is 11.8 Å². The first kappa shape index (κ1) is 15.2. The molecule has 1 rings (SSSR count). The Kier molecular flexibility index (Phi) is 5.10. The summed E-state index contributed by atoms with van der Waals surface area (Å²) in [5.74, 6) is -0.731. The Morgan fingerprint density at radius 3 is 2.42 bits per heavy atom. The molecule has 0 aliphatic rings. The molecule has 1 aromatic carbocycles. The van der Waals surface area contributed by atoms with Crippen LogP contribution in [-0.2, 0) is 9.59 Å². The van der Waals surface area contributed by atoms with Crippen LogP contribution in [0, 0.1) is 12.8 Å². The van der Waals surface area contributed by atoms with Crippen molar-refractivity contribution in [2.75, 3.05) is 5.32 Å². The lowest BCUT2D eigenvalue weighted by atomic mass is 9.97. The van der Waals surface area contributed by atoms with E-state index in [1.54, 1.807) is 6.92 Å². The van der Waals surface area contributed by atoms with Crippen molar-refractivity contribution in [3.8, 4) is 0 Å². The molecular weight excluding hydrogens is 240 g/mol. The van der Waals surface area contributed by atoms with E-state index in [0.29, 0.717) is 5.92 Å². The van der Waals surface area contributed by atoms with Crippen molar-refractivity contribution in [3.05, 3.63) is 29.3 Å². The molecule has 0 saturated carbocycles. The Morgan fingerprint density at radius 1 is 1.26 bits per heavy atom. The van der Waals surface area contributed by atoms with Crippen molar-refractivity contribution >= 4 is 17.5 Å². The summed E-state index contributed by atoms with van der Waals surface area (Å²) in [5.41, 5.74) is 8.08. The molecule has 0 spiro atoms. The summed E-state index contributed by atoms with van der Waals surface area (Å²) in [5, 5.41) is 2.92. The van der Waals surface area contributed by atoms with Gasteiger partial charge in [-0.25, -0.2) is 0 Å². The van der Waals surface area contributed by atoms with E-state index >= 15 is 0 Å². The fourth-order valence-electron chi connectivity index (χ4n) is 1.98. The maximum absolute atomic E-state index is 12.1. The lowest BCUT2D eigenvalue weighted by Crippen LogP contribution is -2.26. The van der Waals surface area contributed by atoms with Crippen molar-refractivity contribution < 1.29 is 9.59 Å². The summed E-state index contributed by atoms with van der Waals surface area (Å²) in [6.07, 6.45) is 0.0642. The minimum atomic E-state index is -0.462. The molecule has 0 aliphatic heterocycles. The first-order valence-corrected chi connectivity index (χ1v) is 6.51. The third kappa shape index (κ3) is 4.09. The van der Waals surface area contributed by atoms with Gasteiger partial charge in [0.05, 0.1) is 0 Å². The van der Waals surface area contributed by atoms with Crippen molar-refractivity contribution in [3.63, 3.8) is 0 Å². The summed E-state index contributed by atoms with van der Waals surface area (Å²) >= 11 is 0. The Morgan fingerprint density at radius 2 is 1.89 bits per heavy atom. The van der Waals surface area contributed by atoms with Gasteiger partial charge in [-0.2, -0.15) is 0 Å². The van der Waals surface area contributed by atoms with Crippen LogP contribution in [0.3, 0.4) is 0 Å². The first-order chi connectivity index (χ1) is 8.82. The van der Waals surface area contributed by atoms with Gasteiger partial charge in [-0.1, -0.05) is 39.0 Å². The van der Waals surface area contributed by atoms with Gasteiger partial charge in [-0.15, -0.1) is 0 Å². The number of carbonyl (C=O) groups is 2. The van der Waals surface area contributed by atoms with Gasteiger partial charge in [0.1, 0.15) is 0 Å². The topological polar surface area (TPSA) is 72.2 Å². The Labute approximate surface area is 114 Å². The van der Waals surface area contributed by atoms with Gasteiger partial charge in [0.15, 0.2) is 0 Å². The molecule has 0 saturated heterocycles. The van der Waals surface area contributed by atoms with Gasteiger partial charge in [-0.3, -0.25) is 9.59 Å². The zero-order valence-corrected chi connectivity index (χ0v) is 12.0. The minimum Gasteiger partial charge on any atom is -0.370 e. The number of nitrogens with one attached hydrogen (secondary N) is 1. The minimum absolute atomic E-state index is 0.0642. The normalized spacial score (nSPS) is 12.3. The van der Waals surface area contributed by atoms with Crippen LogP contribution in [0.2, 0.25) is 0 Å². The van der Waals surface area contributed by atoms with Crippen molar-refractivity contribution in [2.45, 2.75) is 40.0 Å². The fourth-order valence-corrected chi connectivity index (χ4v) is 1.98. The number of nitrogens with two attached hydrogens (primary N) is 1. The van der Waals surface area contributed by atoms with E-state index in [-0.39, 0.29) is 12.3 Å². The Bertz CT molecular complexity index is 481. The third-order valence-electron chi connectivity index (χ3n) is 3.13. The van der Waals surface area contributed by atoms with Crippen LogP contribution in [0.25, 0.3) is 0 Å². The molecule has 4 nitrogen and oxygen atoms in total. The van der Waals surface area contributed by atoms with Gasteiger partial charge < -0.3 is 11.1 Å². The third-order valence-corrected chi connectivity index (χ3v) is 3.13. The van der Waals surface area contributed by atoms with Gasteiger partial charge in [0.25, 0.3) is 0 Å². The standard InChI is InChI=1S/C15H22N2O2/c1-9(2)12-7-5-6-10(3)14(12)17-15(19)11(4)8-13(16)18/h5-7,9,11H,8H2,1-4H3,(H2,16,18)(H,17,19). The lowest BCUT2D eigenvalue weighted by molar-refractivity contribution is -0.125. The molecule has 19 heavy (non-hydrogen) atoms. The van der Waals surface area contributed by atoms with Crippen molar-refractivity contribution in [1.29, 1.82) is 0 Å². The quantitative estimate of drug-likeness (QED) is 0.856. The molecule has 0 radical (unpaired) electrons. The predicted octanol–water partition coefficient (Wildman–Crippen LogP) is 2.57. The molecule has 104 valence electrons. The zero-order chi connectivity index (χ0) is 14.6. The summed E-state index contributed by atoms with van der Waals surface area (Å²) in [4.78, 5) is 22.9. The van der Waals surface area contributed by atoms with Gasteiger partial charge in [0, 0.05) is 18.0 Å². The maximum atomic E-state index is 12.1. The van der Waals surface area contributed by atoms with E-state index in [9.17, 15) is 9.59 Å². The smallest absolute Gasteiger partial charge is 0.227 e. The molecule has 2 amide bonds. The van der Waals surface area contributed by atoms with Gasteiger partial charge in [0.2, 0.25) is 11.8 Å². The highest BCUT2D eigenvalue weighted by atomic mass is 16.2. The van der Waals surface area contributed by atoms with Gasteiger partial charge in [-0.05, 0) is 24.0 Å². The monoisotopic (exact) mass is 262 g/mol. The van der Waals surface area contributed by atoms with Crippen LogP contribution in [-0.4, -0.2) is 11.8 Å². The highest BCUT2D eigenvalue weighted by Gasteiger charge is 2.18. The molecule has 1 atom stereocenters. The van der Waals surface area contributed by atoms with Crippen molar-refractivity contribution in [1.82, 2.24) is 0 Å². The van der Waals surface area contributed by atoms with Crippen LogP contribution in [0.1, 0.15) is 44.2 Å². The number of rotatable bonds is 5. The average molecular weight is 262 g/mol. The highest BCUT2D eigenvalue weighted by molar-refractivity contribution is 5.96. The van der Waals surface area contributed by atoms with Crippen LogP contribution in [0.15, 0.2) is 18.2 Å². The molecule has 1 unspecified atom stereocenters. The van der Waals surface area contributed by atoms with E-state index in [1.165, 1.54) is 0 Å². The predicted molar refractivity (Wildman–Crippen MR) is 76.9 cm³/mol. The second kappa shape index (κ2) is 6.36. The zero-order valence-electron chi connectivity index (χ0n) is 12.0. The van der Waals surface area contributed by atoms with Gasteiger partial charge >= 0.3 is 0 Å². The maximum Gasteiger partial charge on any atom is 0.227 e. The number of hydrogen-bond acceptors (Lipinski definition) is 2. The summed E-state index contributed by atoms with van der Waals surface area (Å²) in [6, 6.07) is 5.94. The lowest BCUT2D eigenvalue weighted by Gasteiger charge is -2.18. The van der Waals surface area contributed by atoms with Crippen LogP contribution in [0.5, 0.6) is 0 Å². The Hall–Kier alpha value is -1.84. The van der Waals surface area contributed by atoms with Crippen LogP contribution < -0.4 is 11.1 Å². The highest BCUT2D eigenvalue weighted by Crippen LogP contribution is 2.27. The second-order valence-electron chi connectivity index (χ2n) is 5.25. The van der Waals surface area contributed by atoms with E-state index in [4.69, 9.17) is 5.73 Å². The molecule has 3 N–H and O–H groups in total. The number of hydrogen-bond donors (Lipinski definition) is 2. The average Bonchev–Trinajstić information content (AvgIpc) is 2.30. The molecule has 4 heteroatoms. The van der Waals surface area contributed by atoms with E-state index in [1.807, 2.05) is 25.1 Å². The molecule has 0 aromatic heterocycles. The summed E-state index contributed by atoms with van der Waals surface area (Å²) < 4.78 is 0. The summed E-state index contributed by atoms with van der Waals surface area (Å²) in [7, 11) is 0. The second-order valence-corrected chi connectivity index (χ2v) is 5.25. The number of amides is 2. The first-order valence-electron chi connectivity index (χ1n) is 6.51. The van der Waals surface area contributed by atoms with E-state index in [2.05, 4.69) is 19.2 Å². The fraction of sp³-hybridized carbons (Fsp3) is 0.467. The van der Waals surface area contributed by atoms with Crippen molar-refractivity contribution in [2.24, 2.45) is 11.7 Å². The summed E-state index contributed by atoms with van der Waals surface area (Å²) in [6.45, 7) is 7.82. The molecular formula is C15H22N2O2. The van der Waals surface area contributed by atoms with Crippen LogP contribution in [0.4, 0.5) is 5.69 Å².